The average Bonchev–Trinajstić information content (AvgIpc) is 2.80. The molecule has 0 unspecified atom stereocenters. The van der Waals surface area contributed by atoms with Crippen molar-refractivity contribution in [1.82, 2.24) is 20.3 Å². The second-order valence-electron chi connectivity index (χ2n) is 7.46. The van der Waals surface area contributed by atoms with E-state index in [1.54, 1.807) is 13.2 Å². The quantitative estimate of drug-likeness (QED) is 0.454. The van der Waals surface area contributed by atoms with Gasteiger partial charge in [0.2, 0.25) is 0 Å². The first kappa shape index (κ1) is 21.8. The Bertz CT molecular complexity index is 1090. The summed E-state index contributed by atoms with van der Waals surface area (Å²) in [6.45, 7) is 2.01. The van der Waals surface area contributed by atoms with Gasteiger partial charge in [-0.2, -0.15) is 0 Å². The Hall–Kier alpha value is -3.37. The number of nitrogens with one attached hydrogen (secondary N) is 2. The lowest BCUT2D eigenvalue weighted by Gasteiger charge is -2.28. The minimum absolute atomic E-state index is 0.217. The molecule has 0 spiro atoms. The van der Waals surface area contributed by atoms with Gasteiger partial charge < -0.3 is 25.8 Å². The third-order valence-corrected chi connectivity index (χ3v) is 5.28. The van der Waals surface area contributed by atoms with E-state index >= 15 is 0 Å². The Morgan fingerprint density at radius 1 is 1.25 bits per heavy atom. The molecule has 168 valence electrons. The normalized spacial score (nSPS) is 18.4. The van der Waals surface area contributed by atoms with Crippen LogP contribution in [0, 0.1) is 0 Å². The number of amides is 1. The van der Waals surface area contributed by atoms with Crippen LogP contribution in [0.15, 0.2) is 36.7 Å². The van der Waals surface area contributed by atoms with E-state index in [-0.39, 0.29) is 5.56 Å². The molecule has 1 aliphatic heterocycles. The molecule has 32 heavy (non-hydrogen) atoms. The van der Waals surface area contributed by atoms with Crippen LogP contribution in [0.3, 0.4) is 0 Å². The van der Waals surface area contributed by atoms with Crippen molar-refractivity contribution in [2.45, 2.75) is 18.6 Å². The number of hydrogen-bond donors (Lipinski definition) is 3. The Morgan fingerprint density at radius 3 is 2.78 bits per heavy atom. The number of fused-ring (bicyclic) bond motifs is 1. The second-order valence-corrected chi connectivity index (χ2v) is 7.46. The zero-order chi connectivity index (χ0) is 22.5. The number of methoxy groups -OCH3 is 1. The van der Waals surface area contributed by atoms with E-state index in [9.17, 15) is 9.18 Å². The summed E-state index contributed by atoms with van der Waals surface area (Å²) in [5.41, 5.74) is 7.79. The van der Waals surface area contributed by atoms with E-state index < -0.39 is 18.1 Å². The zero-order valence-electron chi connectivity index (χ0n) is 17.7. The number of ether oxygens (including phenoxy) is 2. The highest BCUT2D eigenvalue weighted by atomic mass is 19.1. The van der Waals surface area contributed by atoms with Gasteiger partial charge in [-0.05, 0) is 43.3 Å². The number of halogens is 1. The molecule has 1 aliphatic rings. The molecular weight excluding hydrogens is 415 g/mol. The lowest BCUT2D eigenvalue weighted by atomic mass is 10.0. The molecule has 0 aliphatic carbocycles. The number of hydrogen-bond acceptors (Lipinski definition) is 8. The van der Waals surface area contributed by atoms with Gasteiger partial charge in [-0.1, -0.05) is 0 Å². The maximum atomic E-state index is 14.4. The number of primary amides is 1. The highest BCUT2D eigenvalue weighted by molar-refractivity contribution is 6.06. The predicted molar refractivity (Wildman–Crippen MR) is 118 cm³/mol. The summed E-state index contributed by atoms with van der Waals surface area (Å²) in [7, 11) is 1.61. The highest BCUT2D eigenvalue weighted by Crippen LogP contribution is 2.28. The van der Waals surface area contributed by atoms with Gasteiger partial charge in [0.25, 0.3) is 5.91 Å². The lowest BCUT2D eigenvalue weighted by molar-refractivity contribution is 0.100. The standard InChI is InChI=1S/C22H25FN6O3/c1-31-8-9-32-14-4-2-13(3-5-14)17-10-15(21(24)30)19-20(28-17)22(27-12-26-19)29-18-11-25-7-6-16(18)23/h2-5,10,12,16,18,25H,6-9,11H2,1H3,(H2,24,30)(H,26,27,29)/t16-,18-/m1/s1. The maximum Gasteiger partial charge on any atom is 0.251 e. The number of alkyl halides is 1. The van der Waals surface area contributed by atoms with Crippen molar-refractivity contribution in [2.24, 2.45) is 5.73 Å². The van der Waals surface area contributed by atoms with Crippen LogP contribution in [-0.2, 0) is 4.74 Å². The van der Waals surface area contributed by atoms with E-state index in [1.807, 2.05) is 24.3 Å². The van der Waals surface area contributed by atoms with Gasteiger partial charge in [-0.25, -0.2) is 19.3 Å². The fraction of sp³-hybridized carbons (Fsp3) is 0.364. The molecule has 2 aromatic heterocycles. The molecule has 4 rings (SSSR count). The molecular formula is C22H25FN6O3. The lowest BCUT2D eigenvalue weighted by Crippen LogP contribution is -2.46. The van der Waals surface area contributed by atoms with Gasteiger partial charge in [0, 0.05) is 19.2 Å². The van der Waals surface area contributed by atoms with Crippen molar-refractivity contribution in [2.75, 3.05) is 38.7 Å². The molecule has 1 amide bonds. The van der Waals surface area contributed by atoms with Crippen LogP contribution in [-0.4, -0.2) is 66.5 Å². The molecule has 9 nitrogen and oxygen atoms in total. The van der Waals surface area contributed by atoms with Crippen LogP contribution in [0.5, 0.6) is 5.75 Å². The fourth-order valence-corrected chi connectivity index (χ4v) is 3.59. The minimum atomic E-state index is -1.02. The number of pyridine rings is 1. The Labute approximate surface area is 184 Å². The number of nitrogens with two attached hydrogens (primary N) is 1. The van der Waals surface area contributed by atoms with Crippen LogP contribution in [0.4, 0.5) is 10.2 Å². The minimum Gasteiger partial charge on any atom is -0.491 e. The molecule has 10 heteroatoms. The van der Waals surface area contributed by atoms with E-state index in [0.29, 0.717) is 61.0 Å². The summed E-state index contributed by atoms with van der Waals surface area (Å²) in [6, 6.07) is 8.42. The molecule has 0 saturated carbocycles. The second kappa shape index (κ2) is 9.84. The first-order valence-corrected chi connectivity index (χ1v) is 10.4. The van der Waals surface area contributed by atoms with Crippen LogP contribution < -0.4 is 21.1 Å². The van der Waals surface area contributed by atoms with Gasteiger partial charge in [0.05, 0.1) is 23.9 Å². The summed E-state index contributed by atoms with van der Waals surface area (Å²) in [4.78, 5) is 25.3. The van der Waals surface area contributed by atoms with E-state index in [2.05, 4.69) is 25.6 Å². The monoisotopic (exact) mass is 440 g/mol. The van der Waals surface area contributed by atoms with E-state index in [1.165, 1.54) is 6.33 Å². The van der Waals surface area contributed by atoms with Gasteiger partial charge in [-0.15, -0.1) is 0 Å². The number of carbonyl (C=O) groups excluding carboxylic acids is 1. The summed E-state index contributed by atoms with van der Waals surface area (Å²) in [5, 5.41) is 6.28. The number of aromatic nitrogens is 3. The van der Waals surface area contributed by atoms with Gasteiger partial charge in [0.15, 0.2) is 5.82 Å². The van der Waals surface area contributed by atoms with Crippen molar-refractivity contribution in [1.29, 1.82) is 0 Å². The van der Waals surface area contributed by atoms with Crippen LogP contribution in [0.2, 0.25) is 0 Å². The number of anilines is 1. The predicted octanol–water partition coefficient (Wildman–Crippen LogP) is 1.93. The first-order valence-electron chi connectivity index (χ1n) is 10.4. The highest BCUT2D eigenvalue weighted by Gasteiger charge is 2.26. The van der Waals surface area contributed by atoms with Gasteiger partial charge in [-0.3, -0.25) is 4.79 Å². The number of benzene rings is 1. The van der Waals surface area contributed by atoms with Crippen molar-refractivity contribution >= 4 is 22.8 Å². The van der Waals surface area contributed by atoms with Gasteiger partial charge in [0.1, 0.15) is 35.9 Å². The molecule has 1 fully saturated rings. The van der Waals surface area contributed by atoms with Crippen LogP contribution in [0.25, 0.3) is 22.3 Å². The van der Waals surface area contributed by atoms with Gasteiger partial charge >= 0.3 is 0 Å². The summed E-state index contributed by atoms with van der Waals surface area (Å²) >= 11 is 0. The van der Waals surface area contributed by atoms with E-state index in [0.717, 1.165) is 5.56 Å². The molecule has 0 radical (unpaired) electrons. The summed E-state index contributed by atoms with van der Waals surface area (Å²) in [5.74, 6) is 0.409. The molecule has 3 heterocycles. The average molecular weight is 440 g/mol. The third kappa shape index (κ3) is 4.76. The van der Waals surface area contributed by atoms with E-state index in [4.69, 9.17) is 15.2 Å². The number of piperidine rings is 1. The SMILES string of the molecule is COCCOc1ccc(-c2cc(C(N)=O)c3ncnc(N[C@@H]4CNCC[C@H]4F)c3n2)cc1. The Morgan fingerprint density at radius 2 is 2.06 bits per heavy atom. The molecule has 2 atom stereocenters. The smallest absolute Gasteiger partial charge is 0.251 e. The number of carbonyl (C=O) groups is 1. The molecule has 1 aromatic carbocycles. The Balaban J connectivity index is 1.71. The number of rotatable bonds is 8. The fourth-order valence-electron chi connectivity index (χ4n) is 3.59. The zero-order valence-corrected chi connectivity index (χ0v) is 17.7. The molecule has 1 saturated heterocycles. The van der Waals surface area contributed by atoms with Crippen molar-refractivity contribution < 1.29 is 18.7 Å². The third-order valence-electron chi connectivity index (χ3n) is 5.28. The van der Waals surface area contributed by atoms with Crippen molar-refractivity contribution in [3.8, 4) is 17.0 Å². The summed E-state index contributed by atoms with van der Waals surface area (Å²) in [6.07, 6.45) is 0.699. The van der Waals surface area contributed by atoms with Crippen LogP contribution >= 0.6 is 0 Å². The summed E-state index contributed by atoms with van der Waals surface area (Å²) < 4.78 is 24.9. The topological polar surface area (TPSA) is 124 Å². The molecule has 0 bridgehead atoms. The largest absolute Gasteiger partial charge is 0.491 e. The van der Waals surface area contributed by atoms with Crippen LogP contribution in [0.1, 0.15) is 16.8 Å². The number of nitrogens with zero attached hydrogens (tertiary/aromatic N) is 3. The first-order chi connectivity index (χ1) is 15.6. The molecule has 4 N–H and O–H groups in total. The Kier molecular flexibility index (Phi) is 6.72. The van der Waals surface area contributed by atoms with Crippen molar-refractivity contribution in [3.63, 3.8) is 0 Å². The molecule has 3 aromatic rings. The maximum absolute atomic E-state index is 14.4. The van der Waals surface area contributed by atoms with Crippen molar-refractivity contribution in [3.05, 3.63) is 42.2 Å².